The minimum atomic E-state index is -0.586. The van der Waals surface area contributed by atoms with Crippen molar-refractivity contribution < 1.29 is 4.79 Å². The fourth-order valence-corrected chi connectivity index (χ4v) is 2.59. The number of nitrogens with zero attached hydrogens (tertiary/aromatic N) is 1. The van der Waals surface area contributed by atoms with E-state index in [1.165, 1.54) is 19.3 Å². The van der Waals surface area contributed by atoms with Gasteiger partial charge in [0.2, 0.25) is 5.91 Å². The Morgan fingerprint density at radius 2 is 2.00 bits per heavy atom. The van der Waals surface area contributed by atoms with Crippen LogP contribution in [0.2, 0.25) is 0 Å². The zero-order valence-corrected chi connectivity index (χ0v) is 12.5. The van der Waals surface area contributed by atoms with E-state index in [0.717, 1.165) is 11.3 Å². The molecule has 1 aromatic carbocycles. The maximum absolute atomic E-state index is 12.5. The van der Waals surface area contributed by atoms with Crippen molar-refractivity contribution >= 4 is 11.7 Å². The third-order valence-electron chi connectivity index (χ3n) is 4.45. The Morgan fingerprint density at radius 3 is 2.62 bits per heavy atom. The Morgan fingerprint density at radius 1 is 1.29 bits per heavy atom. The standard InChI is InChI=1S/C17H21N3O/c1-17(2,13-9-4-3-5-10-13)16(21)18-15-11-14(19-20-15)12-7-6-8-12/h3-5,9-12H,6-8H2,1-2H3,(H2,18,19,20,21). The molecule has 1 heterocycles. The zero-order chi connectivity index (χ0) is 14.9. The van der Waals surface area contributed by atoms with Gasteiger partial charge in [0.05, 0.1) is 5.41 Å². The normalized spacial score (nSPS) is 15.5. The van der Waals surface area contributed by atoms with Gasteiger partial charge in [0.25, 0.3) is 0 Å². The van der Waals surface area contributed by atoms with Gasteiger partial charge in [-0.1, -0.05) is 36.8 Å². The monoisotopic (exact) mass is 283 g/mol. The summed E-state index contributed by atoms with van der Waals surface area (Å²) in [5, 5.41) is 10.2. The van der Waals surface area contributed by atoms with Crippen LogP contribution in [-0.4, -0.2) is 16.1 Å². The molecule has 0 spiro atoms. The number of hydrogen-bond acceptors (Lipinski definition) is 2. The maximum atomic E-state index is 12.5. The van der Waals surface area contributed by atoms with E-state index in [1.807, 2.05) is 50.2 Å². The van der Waals surface area contributed by atoms with E-state index in [1.54, 1.807) is 0 Å². The van der Waals surface area contributed by atoms with Crippen molar-refractivity contribution in [3.8, 4) is 0 Å². The molecule has 0 atom stereocenters. The van der Waals surface area contributed by atoms with Crippen molar-refractivity contribution in [2.45, 2.75) is 44.4 Å². The van der Waals surface area contributed by atoms with E-state index in [2.05, 4.69) is 15.5 Å². The summed E-state index contributed by atoms with van der Waals surface area (Å²) in [6.07, 6.45) is 3.71. The quantitative estimate of drug-likeness (QED) is 0.900. The molecule has 110 valence electrons. The lowest BCUT2D eigenvalue weighted by molar-refractivity contribution is -0.120. The minimum absolute atomic E-state index is 0.0413. The molecule has 0 aliphatic heterocycles. The smallest absolute Gasteiger partial charge is 0.235 e. The van der Waals surface area contributed by atoms with Gasteiger partial charge in [-0.05, 0) is 32.3 Å². The Kier molecular flexibility index (Phi) is 3.53. The molecule has 2 N–H and O–H groups in total. The molecule has 1 aliphatic carbocycles. The lowest BCUT2D eigenvalue weighted by Gasteiger charge is -2.24. The molecule has 0 saturated heterocycles. The Hall–Kier alpha value is -2.10. The van der Waals surface area contributed by atoms with E-state index in [0.29, 0.717) is 11.7 Å². The molecule has 1 fully saturated rings. The van der Waals surface area contributed by atoms with Gasteiger partial charge in [0.15, 0.2) is 5.82 Å². The first-order valence-corrected chi connectivity index (χ1v) is 7.49. The van der Waals surface area contributed by atoms with Crippen molar-refractivity contribution in [3.05, 3.63) is 47.7 Å². The van der Waals surface area contributed by atoms with Gasteiger partial charge in [0, 0.05) is 17.7 Å². The second kappa shape index (κ2) is 5.35. The van der Waals surface area contributed by atoms with Crippen LogP contribution >= 0.6 is 0 Å². The van der Waals surface area contributed by atoms with Crippen molar-refractivity contribution in [2.24, 2.45) is 0 Å². The summed E-state index contributed by atoms with van der Waals surface area (Å²) in [6, 6.07) is 11.8. The highest BCUT2D eigenvalue weighted by molar-refractivity contribution is 5.97. The number of benzene rings is 1. The fourth-order valence-electron chi connectivity index (χ4n) is 2.59. The Balaban J connectivity index is 1.72. The van der Waals surface area contributed by atoms with Gasteiger partial charge in [-0.25, -0.2) is 0 Å². The lowest BCUT2D eigenvalue weighted by atomic mass is 9.83. The van der Waals surface area contributed by atoms with Crippen LogP contribution in [-0.2, 0) is 10.2 Å². The minimum Gasteiger partial charge on any atom is -0.308 e. The average molecular weight is 283 g/mol. The highest BCUT2D eigenvalue weighted by Crippen LogP contribution is 2.36. The Bertz CT molecular complexity index is 626. The first kappa shape index (κ1) is 13.9. The molecule has 1 aromatic heterocycles. The van der Waals surface area contributed by atoms with Crippen LogP contribution < -0.4 is 5.32 Å². The Labute approximate surface area is 125 Å². The number of aromatic amines is 1. The molecule has 1 aliphatic rings. The first-order valence-electron chi connectivity index (χ1n) is 7.49. The molecule has 0 unspecified atom stereocenters. The van der Waals surface area contributed by atoms with Crippen LogP contribution in [0.3, 0.4) is 0 Å². The number of hydrogen-bond donors (Lipinski definition) is 2. The predicted octanol–water partition coefficient (Wildman–Crippen LogP) is 3.59. The van der Waals surface area contributed by atoms with E-state index in [9.17, 15) is 4.79 Å². The maximum Gasteiger partial charge on any atom is 0.235 e. The lowest BCUT2D eigenvalue weighted by Crippen LogP contribution is -2.34. The van der Waals surface area contributed by atoms with Gasteiger partial charge in [-0.15, -0.1) is 0 Å². The highest BCUT2D eigenvalue weighted by Gasteiger charge is 2.30. The van der Waals surface area contributed by atoms with Crippen molar-refractivity contribution in [1.82, 2.24) is 10.2 Å². The fraction of sp³-hybridized carbons (Fsp3) is 0.412. The van der Waals surface area contributed by atoms with Crippen LogP contribution in [0.1, 0.15) is 50.3 Å². The second-order valence-electron chi connectivity index (χ2n) is 6.28. The number of H-pyrrole nitrogens is 1. The number of carbonyl (C=O) groups excluding carboxylic acids is 1. The first-order chi connectivity index (χ1) is 10.1. The van der Waals surface area contributed by atoms with Gasteiger partial charge in [-0.2, -0.15) is 5.10 Å². The van der Waals surface area contributed by atoms with Crippen LogP contribution in [0.25, 0.3) is 0 Å². The van der Waals surface area contributed by atoms with E-state index in [4.69, 9.17) is 0 Å². The SMILES string of the molecule is CC(C)(C(=O)Nc1cc(C2CCC2)[nH]n1)c1ccccc1. The number of anilines is 1. The molecule has 21 heavy (non-hydrogen) atoms. The summed E-state index contributed by atoms with van der Waals surface area (Å²) in [6.45, 7) is 3.86. The molecule has 1 amide bonds. The molecule has 4 nitrogen and oxygen atoms in total. The van der Waals surface area contributed by atoms with Gasteiger partial charge < -0.3 is 5.32 Å². The van der Waals surface area contributed by atoms with Crippen LogP contribution in [0.5, 0.6) is 0 Å². The van der Waals surface area contributed by atoms with Gasteiger partial charge in [0.1, 0.15) is 0 Å². The molecule has 3 rings (SSSR count). The summed E-state index contributed by atoms with van der Waals surface area (Å²) in [7, 11) is 0. The average Bonchev–Trinajstić information content (AvgIpc) is 2.85. The van der Waals surface area contributed by atoms with E-state index < -0.39 is 5.41 Å². The molecular weight excluding hydrogens is 262 g/mol. The number of aromatic nitrogens is 2. The van der Waals surface area contributed by atoms with E-state index in [-0.39, 0.29) is 5.91 Å². The van der Waals surface area contributed by atoms with Gasteiger partial charge >= 0.3 is 0 Å². The van der Waals surface area contributed by atoms with Crippen LogP contribution in [0, 0.1) is 0 Å². The molecule has 2 aromatic rings. The largest absolute Gasteiger partial charge is 0.308 e. The zero-order valence-electron chi connectivity index (χ0n) is 12.5. The number of carbonyl (C=O) groups is 1. The van der Waals surface area contributed by atoms with Crippen molar-refractivity contribution in [2.75, 3.05) is 5.32 Å². The topological polar surface area (TPSA) is 57.8 Å². The van der Waals surface area contributed by atoms with Gasteiger partial charge in [-0.3, -0.25) is 9.89 Å². The number of amides is 1. The predicted molar refractivity (Wildman–Crippen MR) is 83.3 cm³/mol. The van der Waals surface area contributed by atoms with E-state index >= 15 is 0 Å². The molecule has 0 bridgehead atoms. The van der Waals surface area contributed by atoms with Crippen LogP contribution in [0.15, 0.2) is 36.4 Å². The number of rotatable bonds is 4. The second-order valence-corrected chi connectivity index (χ2v) is 6.28. The molecule has 0 radical (unpaired) electrons. The third kappa shape index (κ3) is 2.71. The number of nitrogens with one attached hydrogen (secondary N) is 2. The summed E-state index contributed by atoms with van der Waals surface area (Å²) < 4.78 is 0. The summed E-state index contributed by atoms with van der Waals surface area (Å²) >= 11 is 0. The van der Waals surface area contributed by atoms with Crippen molar-refractivity contribution in [1.29, 1.82) is 0 Å². The van der Waals surface area contributed by atoms with Crippen molar-refractivity contribution in [3.63, 3.8) is 0 Å². The summed E-state index contributed by atoms with van der Waals surface area (Å²) in [5.74, 6) is 1.16. The molecule has 4 heteroatoms. The van der Waals surface area contributed by atoms with Crippen LogP contribution in [0.4, 0.5) is 5.82 Å². The molecular formula is C17H21N3O. The summed E-state index contributed by atoms with van der Waals surface area (Å²) in [4.78, 5) is 12.5. The summed E-state index contributed by atoms with van der Waals surface area (Å²) in [5.41, 5.74) is 1.54. The third-order valence-corrected chi connectivity index (χ3v) is 4.45. The highest BCUT2D eigenvalue weighted by atomic mass is 16.2. The molecule has 1 saturated carbocycles.